The standard InChI is InChI=1S/C15H20F2N2O.ClH/c1-10-4-3-5-11(2)12(10)6-7-18-14(20)13-8-15(16,17)9-19-13;/h3-5,13,19H,6-9H2,1-2H3,(H,18,20);1H. The highest BCUT2D eigenvalue weighted by Gasteiger charge is 2.42. The second kappa shape index (κ2) is 7.18. The monoisotopic (exact) mass is 318 g/mol. The SMILES string of the molecule is Cc1cccc(C)c1CCNC(=O)C1CC(F)(F)CN1.Cl. The van der Waals surface area contributed by atoms with Gasteiger partial charge in [-0.3, -0.25) is 10.1 Å². The van der Waals surface area contributed by atoms with Gasteiger partial charge in [-0.2, -0.15) is 0 Å². The lowest BCUT2D eigenvalue weighted by Crippen LogP contribution is -2.41. The summed E-state index contributed by atoms with van der Waals surface area (Å²) in [6.07, 6.45) is 0.301. The zero-order valence-electron chi connectivity index (χ0n) is 12.2. The van der Waals surface area contributed by atoms with Gasteiger partial charge in [0.2, 0.25) is 5.91 Å². The lowest BCUT2D eigenvalue weighted by Gasteiger charge is -2.13. The molecule has 1 aromatic rings. The third-order valence-electron chi connectivity index (χ3n) is 3.75. The molecule has 1 atom stereocenters. The predicted octanol–water partition coefficient (Wildman–Crippen LogP) is 2.38. The average molecular weight is 319 g/mol. The van der Waals surface area contributed by atoms with Crippen LogP contribution < -0.4 is 10.6 Å². The second-order valence-corrected chi connectivity index (χ2v) is 5.40. The highest BCUT2D eigenvalue weighted by molar-refractivity contribution is 5.85. The topological polar surface area (TPSA) is 41.1 Å². The van der Waals surface area contributed by atoms with Crippen LogP contribution in [0, 0.1) is 13.8 Å². The van der Waals surface area contributed by atoms with E-state index in [1.165, 1.54) is 16.7 Å². The van der Waals surface area contributed by atoms with Crippen molar-refractivity contribution in [2.24, 2.45) is 0 Å². The Morgan fingerprint density at radius 2 is 2.00 bits per heavy atom. The quantitative estimate of drug-likeness (QED) is 0.895. The van der Waals surface area contributed by atoms with Crippen molar-refractivity contribution < 1.29 is 13.6 Å². The number of amides is 1. The molecule has 6 heteroatoms. The number of carbonyl (C=O) groups is 1. The van der Waals surface area contributed by atoms with Gasteiger partial charge in [-0.1, -0.05) is 18.2 Å². The summed E-state index contributed by atoms with van der Waals surface area (Å²) in [6, 6.07) is 5.28. The summed E-state index contributed by atoms with van der Waals surface area (Å²) in [5.74, 6) is -3.11. The van der Waals surface area contributed by atoms with Crippen LogP contribution in [-0.4, -0.2) is 31.0 Å². The summed E-state index contributed by atoms with van der Waals surface area (Å²) >= 11 is 0. The maximum atomic E-state index is 13.0. The molecule has 118 valence electrons. The van der Waals surface area contributed by atoms with Crippen molar-refractivity contribution in [1.82, 2.24) is 10.6 Å². The third-order valence-corrected chi connectivity index (χ3v) is 3.75. The van der Waals surface area contributed by atoms with Crippen LogP contribution in [0.3, 0.4) is 0 Å². The minimum Gasteiger partial charge on any atom is -0.354 e. The van der Waals surface area contributed by atoms with Gasteiger partial charge in [0.25, 0.3) is 5.92 Å². The smallest absolute Gasteiger partial charge is 0.262 e. The van der Waals surface area contributed by atoms with Crippen LogP contribution in [0.15, 0.2) is 18.2 Å². The summed E-state index contributed by atoms with van der Waals surface area (Å²) in [7, 11) is 0. The van der Waals surface area contributed by atoms with Crippen LogP contribution in [0.25, 0.3) is 0 Å². The zero-order chi connectivity index (χ0) is 14.8. The molecule has 1 heterocycles. The van der Waals surface area contributed by atoms with Crippen molar-refractivity contribution in [3.63, 3.8) is 0 Å². The first-order valence-corrected chi connectivity index (χ1v) is 6.83. The molecule has 0 saturated carbocycles. The Bertz CT molecular complexity index is 488. The fraction of sp³-hybridized carbons (Fsp3) is 0.533. The Hall–Kier alpha value is -1.20. The van der Waals surface area contributed by atoms with Gasteiger partial charge in [0.1, 0.15) is 0 Å². The van der Waals surface area contributed by atoms with Crippen molar-refractivity contribution in [1.29, 1.82) is 0 Å². The summed E-state index contributed by atoms with van der Waals surface area (Å²) in [4.78, 5) is 11.8. The van der Waals surface area contributed by atoms with Gasteiger partial charge in [-0.05, 0) is 37.0 Å². The van der Waals surface area contributed by atoms with Gasteiger partial charge in [0.05, 0.1) is 12.6 Å². The Morgan fingerprint density at radius 3 is 2.52 bits per heavy atom. The molecule has 1 aromatic carbocycles. The lowest BCUT2D eigenvalue weighted by molar-refractivity contribution is -0.123. The zero-order valence-corrected chi connectivity index (χ0v) is 13.0. The minimum absolute atomic E-state index is 0. The molecule has 3 nitrogen and oxygen atoms in total. The number of aryl methyl sites for hydroxylation is 2. The molecule has 1 aliphatic rings. The molecular weight excluding hydrogens is 298 g/mol. The van der Waals surface area contributed by atoms with E-state index in [1.54, 1.807) is 0 Å². The van der Waals surface area contributed by atoms with Gasteiger partial charge in [0, 0.05) is 13.0 Å². The maximum Gasteiger partial charge on any atom is 0.262 e. The normalized spacial score (nSPS) is 19.9. The van der Waals surface area contributed by atoms with E-state index in [9.17, 15) is 13.6 Å². The van der Waals surface area contributed by atoms with E-state index in [0.717, 1.165) is 0 Å². The number of hydrogen-bond acceptors (Lipinski definition) is 2. The average Bonchev–Trinajstić information content (AvgIpc) is 2.73. The molecule has 1 amide bonds. The molecular formula is C15H21ClF2N2O. The summed E-state index contributed by atoms with van der Waals surface area (Å²) < 4.78 is 26.0. The third kappa shape index (κ3) is 4.64. The number of rotatable bonds is 4. The molecule has 21 heavy (non-hydrogen) atoms. The summed E-state index contributed by atoms with van der Waals surface area (Å²) in [5.41, 5.74) is 3.58. The van der Waals surface area contributed by atoms with Crippen molar-refractivity contribution in [2.75, 3.05) is 13.1 Å². The van der Waals surface area contributed by atoms with E-state index in [1.807, 2.05) is 32.0 Å². The predicted molar refractivity (Wildman–Crippen MR) is 81.2 cm³/mol. The summed E-state index contributed by atoms with van der Waals surface area (Å²) in [5, 5.41) is 5.29. The number of hydrogen-bond donors (Lipinski definition) is 2. The van der Waals surface area contributed by atoms with E-state index in [4.69, 9.17) is 0 Å². The molecule has 1 saturated heterocycles. The van der Waals surface area contributed by atoms with E-state index >= 15 is 0 Å². The molecule has 0 radical (unpaired) electrons. The molecule has 0 aromatic heterocycles. The van der Waals surface area contributed by atoms with Crippen molar-refractivity contribution >= 4 is 18.3 Å². The Balaban J connectivity index is 0.00000220. The first kappa shape index (κ1) is 17.9. The number of benzene rings is 1. The largest absolute Gasteiger partial charge is 0.354 e. The van der Waals surface area contributed by atoms with Crippen molar-refractivity contribution in [3.05, 3.63) is 34.9 Å². The molecule has 2 N–H and O–H groups in total. The number of carbonyl (C=O) groups excluding carboxylic acids is 1. The number of halogens is 3. The van der Waals surface area contributed by atoms with E-state index in [2.05, 4.69) is 10.6 Å². The van der Waals surface area contributed by atoms with Gasteiger partial charge < -0.3 is 5.32 Å². The first-order valence-electron chi connectivity index (χ1n) is 6.83. The van der Waals surface area contributed by atoms with E-state index in [-0.39, 0.29) is 18.3 Å². The molecule has 2 rings (SSSR count). The van der Waals surface area contributed by atoms with Crippen molar-refractivity contribution in [2.45, 2.75) is 38.7 Å². The molecule has 1 fully saturated rings. The van der Waals surface area contributed by atoms with Gasteiger partial charge >= 0.3 is 0 Å². The van der Waals surface area contributed by atoms with Crippen molar-refractivity contribution in [3.8, 4) is 0 Å². The first-order chi connectivity index (χ1) is 9.39. The Labute approximate surface area is 129 Å². The highest BCUT2D eigenvalue weighted by Crippen LogP contribution is 2.25. The van der Waals surface area contributed by atoms with Crippen LogP contribution in [0.4, 0.5) is 8.78 Å². The molecule has 0 spiro atoms. The van der Waals surface area contributed by atoms with Gasteiger partial charge in [-0.15, -0.1) is 12.4 Å². The fourth-order valence-corrected chi connectivity index (χ4v) is 2.58. The maximum absolute atomic E-state index is 13.0. The fourth-order valence-electron chi connectivity index (χ4n) is 2.58. The summed E-state index contributed by atoms with van der Waals surface area (Å²) in [6.45, 7) is 4.11. The van der Waals surface area contributed by atoms with Crippen LogP contribution in [0.2, 0.25) is 0 Å². The van der Waals surface area contributed by atoms with Crippen LogP contribution in [0.5, 0.6) is 0 Å². The molecule has 1 aliphatic heterocycles. The van der Waals surface area contributed by atoms with Crippen LogP contribution >= 0.6 is 12.4 Å². The van der Waals surface area contributed by atoms with Crippen LogP contribution in [0.1, 0.15) is 23.1 Å². The molecule has 0 bridgehead atoms. The van der Waals surface area contributed by atoms with Gasteiger partial charge in [0.15, 0.2) is 0 Å². The van der Waals surface area contributed by atoms with E-state index < -0.39 is 24.9 Å². The van der Waals surface area contributed by atoms with E-state index in [0.29, 0.717) is 13.0 Å². The minimum atomic E-state index is -2.77. The molecule has 1 unspecified atom stereocenters. The van der Waals surface area contributed by atoms with Gasteiger partial charge in [-0.25, -0.2) is 8.78 Å². The molecule has 0 aliphatic carbocycles. The lowest BCUT2D eigenvalue weighted by atomic mass is 10.0. The Morgan fingerprint density at radius 1 is 1.38 bits per heavy atom. The highest BCUT2D eigenvalue weighted by atomic mass is 35.5. The van der Waals surface area contributed by atoms with Crippen LogP contribution in [-0.2, 0) is 11.2 Å². The second-order valence-electron chi connectivity index (χ2n) is 5.40. The Kier molecular flexibility index (Phi) is 6.10. The number of nitrogens with one attached hydrogen (secondary N) is 2. The number of alkyl halides is 2.